The molecule has 96 valence electrons. The molecule has 3 N–H and O–H groups in total. The monoisotopic (exact) mass is 388 g/mol. The molecule has 0 bridgehead atoms. The smallest absolute Gasteiger partial charge is 0.0729 e. The Hall–Kier alpha value is -0.360. The third kappa shape index (κ3) is 3.35. The molecule has 1 unspecified atom stereocenters. The summed E-state index contributed by atoms with van der Waals surface area (Å²) in [5.41, 5.74) is 8.17. The topological polar surface area (TPSA) is 38.0 Å². The van der Waals surface area contributed by atoms with Crippen LogP contribution < -0.4 is 11.1 Å². The van der Waals surface area contributed by atoms with Gasteiger partial charge in [0.05, 0.1) is 6.04 Å². The van der Waals surface area contributed by atoms with Crippen LogP contribution in [0.3, 0.4) is 0 Å². The molecular formula is C13H14Br2N2S. The van der Waals surface area contributed by atoms with Gasteiger partial charge in [-0.05, 0) is 62.5 Å². The molecule has 0 fully saturated rings. The normalized spacial score (nSPS) is 12.4. The van der Waals surface area contributed by atoms with Gasteiger partial charge in [-0.15, -0.1) is 11.3 Å². The first-order chi connectivity index (χ1) is 8.60. The van der Waals surface area contributed by atoms with Crippen molar-refractivity contribution in [1.82, 2.24) is 0 Å². The van der Waals surface area contributed by atoms with Crippen LogP contribution in [0.15, 0.2) is 38.6 Å². The van der Waals surface area contributed by atoms with Crippen molar-refractivity contribution in [2.45, 2.75) is 13.0 Å². The second-order valence-electron chi connectivity index (χ2n) is 4.08. The van der Waals surface area contributed by atoms with Crippen molar-refractivity contribution in [3.05, 3.63) is 49.0 Å². The molecule has 0 aliphatic carbocycles. The fourth-order valence-electron chi connectivity index (χ4n) is 1.69. The number of rotatable bonds is 4. The highest BCUT2D eigenvalue weighted by Crippen LogP contribution is 2.31. The van der Waals surface area contributed by atoms with Crippen LogP contribution in [0.5, 0.6) is 0 Å². The van der Waals surface area contributed by atoms with Gasteiger partial charge in [-0.25, -0.2) is 0 Å². The van der Waals surface area contributed by atoms with Crippen LogP contribution in [0.25, 0.3) is 0 Å². The van der Waals surface area contributed by atoms with Crippen LogP contribution in [0, 0.1) is 6.92 Å². The lowest BCUT2D eigenvalue weighted by atomic mass is 10.2. The summed E-state index contributed by atoms with van der Waals surface area (Å²) < 4.78 is 2.16. The van der Waals surface area contributed by atoms with Gasteiger partial charge in [0.2, 0.25) is 0 Å². The second kappa shape index (κ2) is 6.19. The van der Waals surface area contributed by atoms with Crippen LogP contribution in [-0.4, -0.2) is 6.54 Å². The Balaban J connectivity index is 2.22. The summed E-state index contributed by atoms with van der Waals surface area (Å²) in [5.74, 6) is 0. The largest absolute Gasteiger partial charge is 0.375 e. The molecule has 2 nitrogen and oxygen atoms in total. The van der Waals surface area contributed by atoms with Crippen molar-refractivity contribution in [1.29, 1.82) is 0 Å². The van der Waals surface area contributed by atoms with Crippen LogP contribution in [-0.2, 0) is 0 Å². The molecule has 2 aromatic rings. The number of anilines is 1. The van der Waals surface area contributed by atoms with Crippen molar-refractivity contribution in [2.75, 3.05) is 11.9 Å². The Bertz CT molecular complexity index is 540. The minimum Gasteiger partial charge on any atom is -0.375 e. The molecule has 0 amide bonds. The van der Waals surface area contributed by atoms with Crippen molar-refractivity contribution >= 4 is 48.9 Å². The van der Waals surface area contributed by atoms with E-state index in [1.165, 1.54) is 10.4 Å². The maximum atomic E-state index is 5.86. The first-order valence-electron chi connectivity index (χ1n) is 5.57. The Morgan fingerprint density at radius 1 is 1.33 bits per heavy atom. The summed E-state index contributed by atoms with van der Waals surface area (Å²) in [7, 11) is 0. The zero-order valence-electron chi connectivity index (χ0n) is 9.91. The summed E-state index contributed by atoms with van der Waals surface area (Å²) in [5, 5.41) is 5.56. The molecule has 18 heavy (non-hydrogen) atoms. The molecule has 0 saturated heterocycles. The number of hydrogen-bond acceptors (Lipinski definition) is 3. The number of nitrogens with one attached hydrogen (secondary N) is 1. The molecule has 5 heteroatoms. The van der Waals surface area contributed by atoms with E-state index in [1.807, 2.05) is 0 Å². The van der Waals surface area contributed by atoms with E-state index in [0.717, 1.165) is 14.6 Å². The molecule has 1 heterocycles. The van der Waals surface area contributed by atoms with Gasteiger partial charge in [-0.3, -0.25) is 0 Å². The van der Waals surface area contributed by atoms with E-state index in [9.17, 15) is 0 Å². The SMILES string of the molecule is Cc1ccc(Br)c(NC(CN)c2cc(Br)cs2)c1. The van der Waals surface area contributed by atoms with Gasteiger partial charge in [0, 0.05) is 31.4 Å². The minimum absolute atomic E-state index is 0.138. The van der Waals surface area contributed by atoms with E-state index < -0.39 is 0 Å². The minimum atomic E-state index is 0.138. The van der Waals surface area contributed by atoms with Crippen LogP contribution in [0.1, 0.15) is 16.5 Å². The standard InChI is InChI=1S/C13H14Br2N2S/c1-8-2-3-10(15)11(4-8)17-12(6-16)13-5-9(14)7-18-13/h2-5,7,12,17H,6,16H2,1H3. The zero-order chi connectivity index (χ0) is 13.1. The maximum Gasteiger partial charge on any atom is 0.0729 e. The highest BCUT2D eigenvalue weighted by atomic mass is 79.9. The van der Waals surface area contributed by atoms with Gasteiger partial charge >= 0.3 is 0 Å². The molecule has 0 aliphatic heterocycles. The summed E-state index contributed by atoms with van der Waals surface area (Å²) >= 11 is 8.74. The number of benzene rings is 1. The molecule has 0 radical (unpaired) electrons. The first kappa shape index (κ1) is 14.1. The van der Waals surface area contributed by atoms with Crippen molar-refractivity contribution < 1.29 is 0 Å². The number of halogens is 2. The molecule has 0 spiro atoms. The summed E-state index contributed by atoms with van der Waals surface area (Å²) in [6.45, 7) is 2.64. The lowest BCUT2D eigenvalue weighted by molar-refractivity contribution is 0.804. The van der Waals surface area contributed by atoms with Crippen LogP contribution in [0.2, 0.25) is 0 Å². The molecule has 0 aliphatic rings. The lowest BCUT2D eigenvalue weighted by Gasteiger charge is -2.18. The highest BCUT2D eigenvalue weighted by molar-refractivity contribution is 9.10. The molecular weight excluding hydrogens is 376 g/mol. The van der Waals surface area contributed by atoms with Crippen LogP contribution >= 0.6 is 43.2 Å². The van der Waals surface area contributed by atoms with E-state index in [0.29, 0.717) is 6.54 Å². The van der Waals surface area contributed by atoms with Crippen molar-refractivity contribution in [2.24, 2.45) is 5.73 Å². The van der Waals surface area contributed by atoms with Gasteiger partial charge in [-0.2, -0.15) is 0 Å². The summed E-state index contributed by atoms with van der Waals surface area (Å²) in [4.78, 5) is 1.23. The van der Waals surface area contributed by atoms with E-state index in [1.54, 1.807) is 11.3 Å². The molecule has 0 saturated carbocycles. The average molecular weight is 390 g/mol. The first-order valence-corrected chi connectivity index (χ1v) is 8.03. The van der Waals surface area contributed by atoms with Gasteiger partial charge < -0.3 is 11.1 Å². The highest BCUT2D eigenvalue weighted by Gasteiger charge is 2.13. The second-order valence-corrected chi connectivity index (χ2v) is 6.80. The third-order valence-corrected chi connectivity index (χ3v) is 5.12. The van der Waals surface area contributed by atoms with E-state index in [-0.39, 0.29) is 6.04 Å². The Morgan fingerprint density at radius 2 is 2.11 bits per heavy atom. The van der Waals surface area contributed by atoms with E-state index in [4.69, 9.17) is 5.73 Å². The van der Waals surface area contributed by atoms with Gasteiger partial charge in [0.1, 0.15) is 0 Å². The maximum absolute atomic E-state index is 5.86. The summed E-state index contributed by atoms with van der Waals surface area (Å²) in [6, 6.07) is 8.50. The van der Waals surface area contributed by atoms with Crippen molar-refractivity contribution in [3.8, 4) is 0 Å². The Labute approximate surface area is 128 Å². The molecule has 2 rings (SSSR count). The quantitative estimate of drug-likeness (QED) is 0.795. The van der Waals surface area contributed by atoms with E-state index in [2.05, 4.69) is 73.7 Å². The number of hydrogen-bond donors (Lipinski definition) is 2. The average Bonchev–Trinajstić information content (AvgIpc) is 2.77. The van der Waals surface area contributed by atoms with E-state index >= 15 is 0 Å². The predicted molar refractivity (Wildman–Crippen MR) is 86.3 cm³/mol. The van der Waals surface area contributed by atoms with Gasteiger partial charge in [-0.1, -0.05) is 6.07 Å². The van der Waals surface area contributed by atoms with Gasteiger partial charge in [0.15, 0.2) is 0 Å². The zero-order valence-corrected chi connectivity index (χ0v) is 13.9. The predicted octanol–water partition coefficient (Wildman–Crippen LogP) is 4.69. The lowest BCUT2D eigenvalue weighted by Crippen LogP contribution is -2.19. The van der Waals surface area contributed by atoms with Gasteiger partial charge in [0.25, 0.3) is 0 Å². The Kier molecular flexibility index (Phi) is 4.84. The molecule has 1 aromatic heterocycles. The fourth-order valence-corrected chi connectivity index (χ4v) is 3.57. The number of nitrogens with two attached hydrogens (primary N) is 1. The Morgan fingerprint density at radius 3 is 2.72 bits per heavy atom. The number of thiophene rings is 1. The number of aryl methyl sites for hydroxylation is 1. The third-order valence-electron chi connectivity index (χ3n) is 2.62. The van der Waals surface area contributed by atoms with Crippen LogP contribution in [0.4, 0.5) is 5.69 Å². The summed E-state index contributed by atoms with van der Waals surface area (Å²) in [6.07, 6.45) is 0. The molecule has 1 atom stereocenters. The van der Waals surface area contributed by atoms with Crippen molar-refractivity contribution in [3.63, 3.8) is 0 Å². The molecule has 1 aromatic carbocycles. The fraction of sp³-hybridized carbons (Fsp3) is 0.231.